The maximum atomic E-state index is 5.89. The zero-order chi connectivity index (χ0) is 13.7. The fourth-order valence-electron chi connectivity index (χ4n) is 2.03. The first-order valence-electron chi connectivity index (χ1n) is 6.62. The normalized spacial score (nSPS) is 10.5. The lowest BCUT2D eigenvalue weighted by molar-refractivity contribution is 0.304. The van der Waals surface area contributed by atoms with E-state index in [0.29, 0.717) is 6.61 Å². The first-order valence-corrected chi connectivity index (χ1v) is 6.62. The lowest BCUT2D eigenvalue weighted by atomic mass is 10.1. The Hall–Kier alpha value is -1.80. The molecule has 100 valence electrons. The van der Waals surface area contributed by atoms with Crippen molar-refractivity contribution in [3.05, 3.63) is 64.7 Å². The number of hydrogen-bond donors (Lipinski definition) is 1. The SMILES string of the molecule is CNCc1ccccc1COc1ccc(C)c(C)c1. The minimum atomic E-state index is 0.611. The fraction of sp³-hybridized carbons (Fsp3) is 0.294. The van der Waals surface area contributed by atoms with Crippen LogP contribution in [0.1, 0.15) is 22.3 Å². The van der Waals surface area contributed by atoms with Gasteiger partial charge in [-0.3, -0.25) is 0 Å². The van der Waals surface area contributed by atoms with Crippen LogP contribution < -0.4 is 10.1 Å². The highest BCUT2D eigenvalue weighted by atomic mass is 16.5. The van der Waals surface area contributed by atoms with Crippen LogP contribution in [0.2, 0.25) is 0 Å². The van der Waals surface area contributed by atoms with Crippen molar-refractivity contribution in [2.24, 2.45) is 0 Å². The second kappa shape index (κ2) is 6.39. The van der Waals surface area contributed by atoms with Crippen LogP contribution in [0.4, 0.5) is 0 Å². The molecule has 0 aliphatic carbocycles. The van der Waals surface area contributed by atoms with Gasteiger partial charge in [-0.2, -0.15) is 0 Å². The lowest BCUT2D eigenvalue weighted by Crippen LogP contribution is -2.09. The highest BCUT2D eigenvalue weighted by Gasteiger charge is 2.03. The summed E-state index contributed by atoms with van der Waals surface area (Å²) >= 11 is 0. The van der Waals surface area contributed by atoms with Crippen molar-refractivity contribution in [1.82, 2.24) is 5.32 Å². The second-order valence-electron chi connectivity index (χ2n) is 4.83. The Morgan fingerprint density at radius 2 is 1.68 bits per heavy atom. The number of ether oxygens (including phenoxy) is 1. The van der Waals surface area contributed by atoms with Gasteiger partial charge in [0.05, 0.1) is 0 Å². The van der Waals surface area contributed by atoms with Crippen molar-refractivity contribution in [2.75, 3.05) is 7.05 Å². The van der Waals surface area contributed by atoms with Crippen LogP contribution in [0.25, 0.3) is 0 Å². The van der Waals surface area contributed by atoms with E-state index in [2.05, 4.69) is 55.6 Å². The Morgan fingerprint density at radius 3 is 2.37 bits per heavy atom. The van der Waals surface area contributed by atoms with Crippen molar-refractivity contribution < 1.29 is 4.74 Å². The summed E-state index contributed by atoms with van der Waals surface area (Å²) in [6.45, 7) is 5.70. The third-order valence-corrected chi connectivity index (χ3v) is 3.36. The number of hydrogen-bond acceptors (Lipinski definition) is 2. The predicted octanol–water partition coefficient (Wildman–Crippen LogP) is 3.60. The van der Waals surface area contributed by atoms with Gasteiger partial charge in [0.15, 0.2) is 0 Å². The molecular formula is C17H21NO. The third-order valence-electron chi connectivity index (χ3n) is 3.36. The van der Waals surface area contributed by atoms with Gasteiger partial charge in [0, 0.05) is 6.54 Å². The van der Waals surface area contributed by atoms with E-state index in [-0.39, 0.29) is 0 Å². The van der Waals surface area contributed by atoms with E-state index in [4.69, 9.17) is 4.74 Å². The highest BCUT2D eigenvalue weighted by molar-refractivity contribution is 5.34. The predicted molar refractivity (Wildman–Crippen MR) is 79.5 cm³/mol. The topological polar surface area (TPSA) is 21.3 Å². The molecule has 0 fully saturated rings. The molecule has 0 bridgehead atoms. The number of nitrogens with one attached hydrogen (secondary N) is 1. The summed E-state index contributed by atoms with van der Waals surface area (Å²) in [5.41, 5.74) is 5.08. The van der Waals surface area contributed by atoms with Crippen molar-refractivity contribution in [2.45, 2.75) is 27.0 Å². The largest absolute Gasteiger partial charge is 0.489 e. The van der Waals surface area contributed by atoms with Gasteiger partial charge in [0.1, 0.15) is 12.4 Å². The van der Waals surface area contributed by atoms with E-state index in [1.165, 1.54) is 22.3 Å². The van der Waals surface area contributed by atoms with Crippen molar-refractivity contribution in [3.63, 3.8) is 0 Å². The molecule has 0 heterocycles. The molecule has 0 amide bonds. The smallest absolute Gasteiger partial charge is 0.120 e. The zero-order valence-corrected chi connectivity index (χ0v) is 11.9. The molecule has 2 heteroatoms. The monoisotopic (exact) mass is 255 g/mol. The Bertz CT molecular complexity index is 549. The summed E-state index contributed by atoms with van der Waals surface area (Å²) in [5.74, 6) is 0.933. The van der Waals surface area contributed by atoms with Gasteiger partial charge in [-0.15, -0.1) is 0 Å². The standard InChI is InChI=1S/C17H21NO/c1-13-8-9-17(10-14(13)2)19-12-16-7-5-4-6-15(16)11-18-3/h4-10,18H,11-12H2,1-3H3. The van der Waals surface area contributed by atoms with Crippen molar-refractivity contribution in [3.8, 4) is 5.75 Å². The molecule has 0 radical (unpaired) electrons. The quantitative estimate of drug-likeness (QED) is 0.881. The summed E-state index contributed by atoms with van der Waals surface area (Å²) in [4.78, 5) is 0. The van der Waals surface area contributed by atoms with E-state index in [0.717, 1.165) is 12.3 Å². The summed E-state index contributed by atoms with van der Waals surface area (Å²) in [5, 5.41) is 3.18. The van der Waals surface area contributed by atoms with E-state index in [1.54, 1.807) is 0 Å². The zero-order valence-electron chi connectivity index (χ0n) is 11.9. The number of aryl methyl sites for hydroxylation is 2. The highest BCUT2D eigenvalue weighted by Crippen LogP contribution is 2.18. The number of benzene rings is 2. The summed E-state index contributed by atoms with van der Waals surface area (Å²) < 4.78 is 5.89. The average molecular weight is 255 g/mol. The fourth-order valence-corrected chi connectivity index (χ4v) is 2.03. The maximum absolute atomic E-state index is 5.89. The van der Waals surface area contributed by atoms with Crippen LogP contribution in [0.3, 0.4) is 0 Å². The minimum Gasteiger partial charge on any atom is -0.489 e. The second-order valence-corrected chi connectivity index (χ2v) is 4.83. The Labute approximate surface area is 115 Å². The van der Waals surface area contributed by atoms with E-state index in [1.807, 2.05) is 13.1 Å². The van der Waals surface area contributed by atoms with Crippen LogP contribution in [0.5, 0.6) is 5.75 Å². The molecule has 0 aliphatic rings. The van der Waals surface area contributed by atoms with Crippen LogP contribution in [0.15, 0.2) is 42.5 Å². The molecule has 0 aliphatic heterocycles. The van der Waals surface area contributed by atoms with Crippen molar-refractivity contribution in [1.29, 1.82) is 0 Å². The molecule has 0 unspecified atom stereocenters. The van der Waals surface area contributed by atoms with E-state index >= 15 is 0 Å². The van der Waals surface area contributed by atoms with Crippen LogP contribution >= 0.6 is 0 Å². The summed E-state index contributed by atoms with van der Waals surface area (Å²) in [6, 6.07) is 14.6. The molecule has 0 saturated carbocycles. The molecule has 0 aromatic heterocycles. The van der Waals surface area contributed by atoms with E-state index in [9.17, 15) is 0 Å². The maximum Gasteiger partial charge on any atom is 0.120 e. The molecule has 0 saturated heterocycles. The average Bonchev–Trinajstić information content (AvgIpc) is 2.42. The Kier molecular flexibility index (Phi) is 4.58. The molecule has 2 aromatic carbocycles. The van der Waals surface area contributed by atoms with Gasteiger partial charge in [0.2, 0.25) is 0 Å². The van der Waals surface area contributed by atoms with Gasteiger partial charge in [-0.25, -0.2) is 0 Å². The lowest BCUT2D eigenvalue weighted by Gasteiger charge is -2.12. The number of rotatable bonds is 5. The summed E-state index contributed by atoms with van der Waals surface area (Å²) in [7, 11) is 1.96. The molecular weight excluding hydrogens is 234 g/mol. The van der Waals surface area contributed by atoms with Crippen molar-refractivity contribution >= 4 is 0 Å². The van der Waals surface area contributed by atoms with Gasteiger partial charge in [-0.1, -0.05) is 30.3 Å². The molecule has 2 nitrogen and oxygen atoms in total. The van der Waals surface area contributed by atoms with Gasteiger partial charge in [-0.05, 0) is 55.3 Å². The Morgan fingerprint density at radius 1 is 0.947 bits per heavy atom. The Balaban J connectivity index is 2.07. The molecule has 19 heavy (non-hydrogen) atoms. The third kappa shape index (κ3) is 3.58. The van der Waals surface area contributed by atoms with Gasteiger partial charge < -0.3 is 10.1 Å². The van der Waals surface area contributed by atoms with Gasteiger partial charge >= 0.3 is 0 Å². The summed E-state index contributed by atoms with van der Waals surface area (Å²) in [6.07, 6.45) is 0. The van der Waals surface area contributed by atoms with E-state index < -0.39 is 0 Å². The first-order chi connectivity index (χ1) is 9.20. The van der Waals surface area contributed by atoms with Crippen LogP contribution in [-0.4, -0.2) is 7.05 Å². The molecule has 0 atom stereocenters. The van der Waals surface area contributed by atoms with Gasteiger partial charge in [0.25, 0.3) is 0 Å². The molecule has 1 N–H and O–H groups in total. The van der Waals surface area contributed by atoms with Crippen LogP contribution in [-0.2, 0) is 13.2 Å². The van der Waals surface area contributed by atoms with Crippen LogP contribution in [0, 0.1) is 13.8 Å². The minimum absolute atomic E-state index is 0.611. The molecule has 2 aromatic rings. The first kappa shape index (κ1) is 13.6. The molecule has 2 rings (SSSR count). The molecule has 0 spiro atoms.